The molecule has 2 aliphatic carbocycles. The minimum Gasteiger partial charge on any atom is -0.489 e. The molecule has 0 radical (unpaired) electrons. The third kappa shape index (κ3) is 6.75. The first-order chi connectivity index (χ1) is 30.5. The SMILES string of the molecule is CC1(C)C(Oc2ccc(C#N)c(Cl)c2)C(C)(C)C1N1Cc2nc(C#CC3CCC(N4CCC5(CN(c6cc7c(cc6F)C(=O)N(C6CCC(=O)NC6=O)C7=O)C5)C4)CC3)ccc2C1=O. The van der Waals surface area contributed by atoms with Crippen LogP contribution in [0.1, 0.15) is 121 Å². The molecule has 1 atom stereocenters. The summed E-state index contributed by atoms with van der Waals surface area (Å²) < 4.78 is 22.0. The number of nitriles is 1. The Morgan fingerprint density at radius 3 is 2.28 bits per heavy atom. The second kappa shape index (κ2) is 15.1. The zero-order valence-electron chi connectivity index (χ0n) is 36.3. The number of halogens is 2. The summed E-state index contributed by atoms with van der Waals surface area (Å²) in [5, 5.41) is 11.8. The Morgan fingerprint density at radius 2 is 1.59 bits per heavy atom. The fourth-order valence-corrected chi connectivity index (χ4v) is 12.7. The Bertz CT molecular complexity index is 2650. The normalized spacial score (nSPS) is 27.6. The van der Waals surface area contributed by atoms with Gasteiger partial charge in [-0.05, 0) is 87.4 Å². The first-order valence-corrected chi connectivity index (χ1v) is 22.6. The summed E-state index contributed by atoms with van der Waals surface area (Å²) in [5.41, 5.74) is 1.99. The number of hydrogen-bond acceptors (Lipinski definition) is 10. The molecule has 330 valence electrons. The molecule has 5 amide bonds. The highest BCUT2D eigenvalue weighted by molar-refractivity contribution is 6.31. The number of imide groups is 2. The number of rotatable bonds is 6. The summed E-state index contributed by atoms with van der Waals surface area (Å²) >= 11 is 6.29. The van der Waals surface area contributed by atoms with Gasteiger partial charge in [-0.3, -0.25) is 39.1 Å². The number of amides is 5. The van der Waals surface area contributed by atoms with Crippen molar-refractivity contribution >= 4 is 46.8 Å². The van der Waals surface area contributed by atoms with E-state index in [0.29, 0.717) is 53.3 Å². The Morgan fingerprint density at radius 1 is 0.875 bits per heavy atom. The molecule has 7 aliphatic rings. The van der Waals surface area contributed by atoms with Crippen molar-refractivity contribution in [1.29, 1.82) is 5.26 Å². The number of fused-ring (bicyclic) bond motifs is 2. The maximum atomic E-state index is 15.5. The van der Waals surface area contributed by atoms with E-state index < -0.39 is 35.5 Å². The van der Waals surface area contributed by atoms with E-state index in [9.17, 15) is 29.2 Å². The zero-order chi connectivity index (χ0) is 45.0. The van der Waals surface area contributed by atoms with Gasteiger partial charge < -0.3 is 14.5 Å². The Hall–Kier alpha value is -5.83. The highest BCUT2D eigenvalue weighted by atomic mass is 35.5. The van der Waals surface area contributed by atoms with Gasteiger partial charge in [0.1, 0.15) is 35.5 Å². The molecule has 15 heteroatoms. The van der Waals surface area contributed by atoms with Gasteiger partial charge in [0.25, 0.3) is 17.7 Å². The van der Waals surface area contributed by atoms with E-state index in [4.69, 9.17) is 21.3 Å². The second-order valence-electron chi connectivity index (χ2n) is 20.1. The first kappa shape index (κ1) is 42.1. The fraction of sp³-hybridized carbons (Fsp3) is 0.490. The second-order valence-corrected chi connectivity index (χ2v) is 20.5. The highest BCUT2D eigenvalue weighted by Gasteiger charge is 2.67. The van der Waals surface area contributed by atoms with Crippen molar-refractivity contribution in [3.05, 3.63) is 86.9 Å². The molecule has 0 bridgehead atoms. The Labute approximate surface area is 376 Å². The average Bonchev–Trinajstić information content (AvgIpc) is 3.90. The number of pyridine rings is 1. The van der Waals surface area contributed by atoms with Crippen LogP contribution in [0.4, 0.5) is 10.1 Å². The van der Waals surface area contributed by atoms with Crippen LogP contribution in [0.2, 0.25) is 5.02 Å². The van der Waals surface area contributed by atoms with Gasteiger partial charge in [-0.1, -0.05) is 45.2 Å². The number of ether oxygens (including phenoxy) is 1. The molecule has 6 heterocycles. The average molecular weight is 886 g/mol. The third-order valence-corrected chi connectivity index (χ3v) is 15.5. The number of aromatic nitrogens is 1. The van der Waals surface area contributed by atoms with Gasteiger partial charge >= 0.3 is 0 Å². The minimum atomic E-state index is -1.10. The number of anilines is 1. The maximum Gasteiger partial charge on any atom is 0.262 e. The smallest absolute Gasteiger partial charge is 0.262 e. The van der Waals surface area contributed by atoms with Crippen molar-refractivity contribution < 1.29 is 33.1 Å². The summed E-state index contributed by atoms with van der Waals surface area (Å²) in [7, 11) is 0. The topological polar surface area (TPSA) is 156 Å². The van der Waals surface area contributed by atoms with Crippen molar-refractivity contribution in [3.8, 4) is 23.7 Å². The zero-order valence-corrected chi connectivity index (χ0v) is 37.1. The van der Waals surface area contributed by atoms with Crippen LogP contribution in [0, 0.1) is 51.2 Å². The Balaban J connectivity index is 0.721. The number of nitrogens with zero attached hydrogens (tertiary/aromatic N) is 6. The maximum absolute atomic E-state index is 15.5. The monoisotopic (exact) mass is 885 g/mol. The van der Waals surface area contributed by atoms with Gasteiger partial charge in [0.15, 0.2) is 0 Å². The molecule has 64 heavy (non-hydrogen) atoms. The lowest BCUT2D eigenvalue weighted by atomic mass is 9.49. The standard InChI is InChI=1S/C49H49ClFN7O6/c1-47(2)45(48(3,4)46(47)64-31-13-8-28(22-52)35(50)19-31)57-23-37-32(42(57)61)14-10-29(53-37)9-5-27-6-11-30(12-7-27)55-18-17-49(24-55)25-56(26-49)39-21-34-33(20-36(39)51)43(62)58(44(34)63)38-15-16-40(59)54-41(38)60/h8,10,13-14,19-21,27,30,38,45-46H,6-7,11-12,15-18,23-26H2,1-4H3,(H,54,59,60). The van der Waals surface area contributed by atoms with Crippen molar-refractivity contribution in [3.63, 3.8) is 0 Å². The van der Waals surface area contributed by atoms with Gasteiger partial charge in [-0.15, -0.1) is 0 Å². The largest absolute Gasteiger partial charge is 0.489 e. The van der Waals surface area contributed by atoms with Crippen LogP contribution in [0.5, 0.6) is 5.75 Å². The van der Waals surface area contributed by atoms with E-state index in [1.54, 1.807) is 18.2 Å². The predicted molar refractivity (Wildman–Crippen MR) is 233 cm³/mol. The van der Waals surface area contributed by atoms with Gasteiger partial charge in [-0.25, -0.2) is 9.37 Å². The molecule has 1 unspecified atom stereocenters. The van der Waals surface area contributed by atoms with E-state index >= 15 is 4.39 Å². The molecule has 1 aromatic heterocycles. The van der Waals surface area contributed by atoms with Crippen molar-refractivity contribution in [2.45, 2.75) is 103 Å². The van der Waals surface area contributed by atoms with Crippen LogP contribution in [-0.4, -0.2) is 99.6 Å². The summed E-state index contributed by atoms with van der Waals surface area (Å²) in [6.07, 6.45) is 4.90. The van der Waals surface area contributed by atoms with Crippen LogP contribution in [0.25, 0.3) is 0 Å². The molecule has 2 saturated carbocycles. The summed E-state index contributed by atoms with van der Waals surface area (Å²) in [6, 6.07) is 12.7. The molecular weight excluding hydrogens is 837 g/mol. The number of benzene rings is 2. The molecule has 1 N–H and O–H groups in total. The number of nitrogens with one attached hydrogen (secondary N) is 1. The lowest BCUT2D eigenvalue weighted by Crippen LogP contribution is -2.74. The van der Waals surface area contributed by atoms with E-state index in [1.165, 1.54) is 6.07 Å². The molecular formula is C49H49ClFN7O6. The number of carbonyl (C=O) groups excluding carboxylic acids is 5. The van der Waals surface area contributed by atoms with E-state index in [0.717, 1.165) is 61.9 Å². The molecule has 5 aliphatic heterocycles. The molecule has 1 spiro atoms. The van der Waals surface area contributed by atoms with Crippen LogP contribution in [0.15, 0.2) is 42.5 Å². The predicted octanol–water partition coefficient (Wildman–Crippen LogP) is 6.11. The first-order valence-electron chi connectivity index (χ1n) is 22.2. The molecule has 2 aromatic carbocycles. The van der Waals surface area contributed by atoms with Crippen LogP contribution < -0.4 is 15.0 Å². The quantitative estimate of drug-likeness (QED) is 0.227. The van der Waals surface area contributed by atoms with Crippen molar-refractivity contribution in [1.82, 2.24) is 25.0 Å². The highest BCUT2D eigenvalue weighted by Crippen LogP contribution is 2.59. The molecule has 3 aromatic rings. The molecule has 13 nitrogen and oxygen atoms in total. The summed E-state index contributed by atoms with van der Waals surface area (Å²) in [6.45, 7) is 12.1. The summed E-state index contributed by atoms with van der Waals surface area (Å²) in [5.74, 6) is 4.56. The van der Waals surface area contributed by atoms with E-state index in [-0.39, 0.29) is 69.9 Å². The minimum absolute atomic E-state index is 0.0173. The van der Waals surface area contributed by atoms with Crippen LogP contribution in [-0.2, 0) is 16.1 Å². The van der Waals surface area contributed by atoms with E-state index in [2.05, 4.69) is 55.8 Å². The van der Waals surface area contributed by atoms with Gasteiger partial charge in [0.2, 0.25) is 11.8 Å². The Kier molecular flexibility index (Phi) is 9.96. The van der Waals surface area contributed by atoms with Crippen LogP contribution >= 0.6 is 11.6 Å². The fourth-order valence-electron chi connectivity index (χ4n) is 12.4. The summed E-state index contributed by atoms with van der Waals surface area (Å²) in [4.78, 5) is 76.7. The lowest BCUT2D eigenvalue weighted by molar-refractivity contribution is -0.199. The number of hydrogen-bond donors (Lipinski definition) is 1. The van der Waals surface area contributed by atoms with Gasteiger partial charge in [-0.2, -0.15) is 5.26 Å². The van der Waals surface area contributed by atoms with Crippen molar-refractivity contribution in [2.24, 2.45) is 22.2 Å². The molecule has 3 saturated heterocycles. The lowest BCUT2D eigenvalue weighted by Gasteiger charge is -2.65. The third-order valence-electron chi connectivity index (χ3n) is 15.2. The van der Waals surface area contributed by atoms with Gasteiger partial charge in [0, 0.05) is 66.4 Å². The number of carbonyl (C=O) groups is 5. The van der Waals surface area contributed by atoms with Gasteiger partial charge in [0.05, 0.1) is 45.2 Å². The number of piperidine rings is 1. The molecule has 10 rings (SSSR count). The molecule has 5 fully saturated rings. The van der Waals surface area contributed by atoms with Crippen LogP contribution in [0.3, 0.4) is 0 Å². The van der Waals surface area contributed by atoms with Crippen molar-refractivity contribution in [2.75, 3.05) is 31.1 Å². The van der Waals surface area contributed by atoms with E-state index in [1.807, 2.05) is 21.9 Å². The number of likely N-dealkylation sites (tertiary alicyclic amines) is 1.